The molecular formula is C16H13N. The lowest BCUT2D eigenvalue weighted by Crippen LogP contribution is -1.84. The van der Waals surface area contributed by atoms with Crippen LogP contribution in [0.2, 0.25) is 0 Å². The molecular weight excluding hydrogens is 206 g/mol. The first-order valence-corrected chi connectivity index (χ1v) is 5.73. The number of hydrogen-bond donors (Lipinski definition) is 1. The second-order valence-electron chi connectivity index (χ2n) is 4.00. The third-order valence-corrected chi connectivity index (χ3v) is 2.90. The first kappa shape index (κ1) is 9.91. The Balaban J connectivity index is 2.18. The van der Waals surface area contributed by atoms with E-state index in [2.05, 4.69) is 59.6 Å². The van der Waals surface area contributed by atoms with Crippen LogP contribution in [0.3, 0.4) is 0 Å². The van der Waals surface area contributed by atoms with Gasteiger partial charge in [-0.25, -0.2) is 0 Å². The minimum absolute atomic E-state index is 1.16. The third-order valence-electron chi connectivity index (χ3n) is 2.90. The summed E-state index contributed by atoms with van der Waals surface area (Å²) in [6, 6.07) is 23.0. The van der Waals surface area contributed by atoms with E-state index in [9.17, 15) is 0 Å². The molecule has 0 bridgehead atoms. The third kappa shape index (κ3) is 1.87. The second kappa shape index (κ2) is 4.30. The predicted molar refractivity (Wildman–Crippen MR) is 71.7 cm³/mol. The van der Waals surface area contributed by atoms with E-state index >= 15 is 0 Å². The molecule has 0 spiro atoms. The van der Waals surface area contributed by atoms with Crippen molar-refractivity contribution in [3.63, 3.8) is 0 Å². The fraction of sp³-hybridized carbons (Fsp3) is 0. The van der Waals surface area contributed by atoms with Crippen LogP contribution in [0.25, 0.3) is 22.4 Å². The molecule has 17 heavy (non-hydrogen) atoms. The fourth-order valence-corrected chi connectivity index (χ4v) is 2.09. The van der Waals surface area contributed by atoms with Gasteiger partial charge in [-0.3, -0.25) is 0 Å². The van der Waals surface area contributed by atoms with Crippen LogP contribution in [-0.2, 0) is 0 Å². The van der Waals surface area contributed by atoms with Gasteiger partial charge in [0, 0.05) is 17.5 Å². The molecule has 0 aliphatic carbocycles. The number of aromatic amines is 1. The Morgan fingerprint density at radius 2 is 1.29 bits per heavy atom. The molecule has 3 rings (SSSR count). The highest BCUT2D eigenvalue weighted by atomic mass is 14.7. The Morgan fingerprint density at radius 1 is 0.588 bits per heavy atom. The van der Waals surface area contributed by atoms with E-state index in [0.29, 0.717) is 0 Å². The molecule has 1 heterocycles. The highest BCUT2D eigenvalue weighted by Gasteiger charge is 2.06. The fourth-order valence-electron chi connectivity index (χ4n) is 2.09. The zero-order valence-electron chi connectivity index (χ0n) is 9.43. The van der Waals surface area contributed by atoms with Crippen LogP contribution >= 0.6 is 0 Å². The zero-order chi connectivity index (χ0) is 11.5. The number of nitrogens with one attached hydrogen (secondary N) is 1. The Labute approximate surface area is 101 Å². The molecule has 0 fully saturated rings. The van der Waals surface area contributed by atoms with Gasteiger partial charge in [0.1, 0.15) is 0 Å². The van der Waals surface area contributed by atoms with E-state index in [1.165, 1.54) is 16.7 Å². The largest absolute Gasteiger partial charge is 0.361 e. The molecule has 1 aromatic heterocycles. The van der Waals surface area contributed by atoms with Gasteiger partial charge in [0.15, 0.2) is 0 Å². The minimum atomic E-state index is 1.16. The molecule has 0 saturated carbocycles. The summed E-state index contributed by atoms with van der Waals surface area (Å²) in [6.45, 7) is 0. The van der Waals surface area contributed by atoms with E-state index in [4.69, 9.17) is 0 Å². The highest BCUT2D eigenvalue weighted by Crippen LogP contribution is 2.30. The van der Waals surface area contributed by atoms with Gasteiger partial charge < -0.3 is 4.98 Å². The smallest absolute Gasteiger partial charge is 0.0460 e. The summed E-state index contributed by atoms with van der Waals surface area (Å²) in [5.41, 5.74) is 4.90. The monoisotopic (exact) mass is 219 g/mol. The normalized spacial score (nSPS) is 10.4. The molecule has 0 atom stereocenters. The van der Waals surface area contributed by atoms with E-state index < -0.39 is 0 Å². The van der Waals surface area contributed by atoms with Crippen LogP contribution in [-0.4, -0.2) is 4.98 Å². The highest BCUT2D eigenvalue weighted by molar-refractivity contribution is 5.81. The van der Waals surface area contributed by atoms with E-state index in [1.54, 1.807) is 0 Å². The molecule has 0 aliphatic rings. The number of benzene rings is 2. The van der Waals surface area contributed by atoms with Gasteiger partial charge in [-0.1, -0.05) is 54.6 Å². The lowest BCUT2D eigenvalue weighted by molar-refractivity contribution is 1.40. The van der Waals surface area contributed by atoms with Gasteiger partial charge in [0.2, 0.25) is 0 Å². The van der Waals surface area contributed by atoms with Crippen LogP contribution in [0.4, 0.5) is 0 Å². The van der Waals surface area contributed by atoms with Gasteiger partial charge in [-0.15, -0.1) is 0 Å². The average molecular weight is 219 g/mol. The maximum absolute atomic E-state index is 3.26. The molecule has 0 radical (unpaired) electrons. The maximum Gasteiger partial charge on any atom is 0.0460 e. The molecule has 2 aromatic carbocycles. The quantitative estimate of drug-likeness (QED) is 0.659. The summed E-state index contributed by atoms with van der Waals surface area (Å²) in [5.74, 6) is 0. The van der Waals surface area contributed by atoms with Crippen molar-refractivity contribution in [2.75, 3.05) is 0 Å². The Bertz CT molecular complexity index is 594. The number of H-pyrrole nitrogens is 1. The summed E-state index contributed by atoms with van der Waals surface area (Å²) < 4.78 is 0. The summed E-state index contributed by atoms with van der Waals surface area (Å²) in [7, 11) is 0. The van der Waals surface area contributed by atoms with Crippen LogP contribution < -0.4 is 0 Å². The molecule has 0 unspecified atom stereocenters. The molecule has 3 aromatic rings. The lowest BCUT2D eigenvalue weighted by Gasteiger charge is -2.08. The first-order chi connectivity index (χ1) is 8.45. The molecule has 82 valence electrons. The minimum Gasteiger partial charge on any atom is -0.361 e. The molecule has 0 saturated heterocycles. The summed E-state index contributed by atoms with van der Waals surface area (Å²) >= 11 is 0. The molecule has 1 nitrogen and oxygen atoms in total. The number of rotatable bonds is 2. The predicted octanol–water partition coefficient (Wildman–Crippen LogP) is 4.35. The molecule has 1 heteroatoms. The van der Waals surface area contributed by atoms with Crippen LogP contribution in [0, 0.1) is 0 Å². The van der Waals surface area contributed by atoms with Gasteiger partial charge in [-0.05, 0) is 23.3 Å². The van der Waals surface area contributed by atoms with E-state index in [-0.39, 0.29) is 0 Å². The standard InChI is InChI=1S/C16H13N/c1-2-7-13(8-3-1)14-9-4-5-10-15(14)16-11-6-12-17-16/h1-12,17H. The number of aromatic nitrogens is 1. The van der Waals surface area contributed by atoms with Gasteiger partial charge in [0.25, 0.3) is 0 Å². The maximum atomic E-state index is 3.26. The summed E-state index contributed by atoms with van der Waals surface area (Å²) in [6.07, 6.45) is 1.96. The van der Waals surface area contributed by atoms with E-state index in [1.807, 2.05) is 18.3 Å². The van der Waals surface area contributed by atoms with Crippen molar-refractivity contribution in [3.8, 4) is 22.4 Å². The summed E-state index contributed by atoms with van der Waals surface area (Å²) in [4.78, 5) is 3.26. The molecule has 1 N–H and O–H groups in total. The zero-order valence-corrected chi connectivity index (χ0v) is 9.43. The van der Waals surface area contributed by atoms with Crippen molar-refractivity contribution in [1.82, 2.24) is 4.98 Å². The Kier molecular flexibility index (Phi) is 2.51. The average Bonchev–Trinajstić information content (AvgIpc) is 2.94. The van der Waals surface area contributed by atoms with Crippen molar-refractivity contribution in [2.45, 2.75) is 0 Å². The SMILES string of the molecule is c1ccc(-c2ccccc2-c2ccc[nH]2)cc1. The van der Waals surface area contributed by atoms with Crippen molar-refractivity contribution >= 4 is 0 Å². The van der Waals surface area contributed by atoms with Crippen LogP contribution in [0.5, 0.6) is 0 Å². The topological polar surface area (TPSA) is 15.8 Å². The van der Waals surface area contributed by atoms with E-state index in [0.717, 1.165) is 5.69 Å². The molecule has 0 aliphatic heterocycles. The van der Waals surface area contributed by atoms with Crippen molar-refractivity contribution in [3.05, 3.63) is 72.9 Å². The number of hydrogen-bond acceptors (Lipinski definition) is 0. The van der Waals surface area contributed by atoms with Gasteiger partial charge in [-0.2, -0.15) is 0 Å². The molecule has 0 amide bonds. The first-order valence-electron chi connectivity index (χ1n) is 5.73. The van der Waals surface area contributed by atoms with Gasteiger partial charge >= 0.3 is 0 Å². The van der Waals surface area contributed by atoms with Crippen LogP contribution in [0.1, 0.15) is 0 Å². The Morgan fingerprint density at radius 3 is 2.00 bits per heavy atom. The van der Waals surface area contributed by atoms with Crippen molar-refractivity contribution < 1.29 is 0 Å². The summed E-state index contributed by atoms with van der Waals surface area (Å²) in [5, 5.41) is 0. The second-order valence-corrected chi connectivity index (χ2v) is 4.00. The Hall–Kier alpha value is -2.28. The van der Waals surface area contributed by atoms with Crippen molar-refractivity contribution in [2.24, 2.45) is 0 Å². The van der Waals surface area contributed by atoms with Crippen LogP contribution in [0.15, 0.2) is 72.9 Å². The van der Waals surface area contributed by atoms with Gasteiger partial charge in [0.05, 0.1) is 0 Å². The van der Waals surface area contributed by atoms with Crippen molar-refractivity contribution in [1.29, 1.82) is 0 Å². The lowest BCUT2D eigenvalue weighted by atomic mass is 9.98.